The maximum atomic E-state index is 12.0. The van der Waals surface area contributed by atoms with Gasteiger partial charge in [0.25, 0.3) is 0 Å². The summed E-state index contributed by atoms with van der Waals surface area (Å²) in [6.45, 7) is 0.279. The van der Waals surface area contributed by atoms with E-state index in [1.807, 2.05) is 78.9 Å². The number of hydrogen-bond donors (Lipinski definition) is 2. The smallest absolute Gasteiger partial charge is 0.407 e. The minimum atomic E-state index is -0.636. The van der Waals surface area contributed by atoms with Gasteiger partial charge in [-0.05, 0) is 35.1 Å². The third kappa shape index (κ3) is 13.5. The van der Waals surface area contributed by atoms with Gasteiger partial charge in [0.05, 0.1) is 0 Å². The lowest BCUT2D eigenvalue weighted by atomic mass is 10.1. The van der Waals surface area contributed by atoms with Crippen LogP contribution in [0.5, 0.6) is 0 Å². The SMILES string of the molecule is O=C(CCc1ccccc1)OCCOC(=O)NCc1cccc(CNC(=O)OCCOC(=O)CCc2ccccc2)c1. The molecule has 2 N–H and O–H groups in total. The van der Waals surface area contributed by atoms with Crippen molar-refractivity contribution < 1.29 is 38.1 Å². The van der Waals surface area contributed by atoms with Gasteiger partial charge >= 0.3 is 24.1 Å². The monoisotopic (exact) mass is 576 g/mol. The molecule has 0 spiro atoms. The van der Waals surface area contributed by atoms with E-state index in [0.717, 1.165) is 22.3 Å². The molecule has 42 heavy (non-hydrogen) atoms. The Labute approximate surface area is 245 Å². The van der Waals surface area contributed by atoms with Crippen molar-refractivity contribution >= 4 is 24.1 Å². The van der Waals surface area contributed by atoms with E-state index < -0.39 is 12.2 Å². The Morgan fingerprint density at radius 1 is 0.476 bits per heavy atom. The van der Waals surface area contributed by atoms with Crippen molar-refractivity contribution in [2.24, 2.45) is 0 Å². The maximum Gasteiger partial charge on any atom is 0.407 e. The average molecular weight is 577 g/mol. The molecule has 3 rings (SSSR count). The van der Waals surface area contributed by atoms with Crippen LogP contribution in [0.4, 0.5) is 9.59 Å². The number of alkyl carbamates (subject to hydrolysis) is 2. The fourth-order valence-electron chi connectivity index (χ4n) is 3.81. The highest BCUT2D eigenvalue weighted by Crippen LogP contribution is 2.06. The standard InChI is InChI=1S/C32H36N2O8/c35-29(16-14-25-8-3-1-4-9-25)39-18-20-41-31(37)33-23-27-12-7-13-28(22-27)24-34-32(38)42-21-19-40-30(36)17-15-26-10-5-2-6-11-26/h1-13,22H,14-21,23-24H2,(H,33,37)(H,34,38). The van der Waals surface area contributed by atoms with Crippen molar-refractivity contribution in [2.45, 2.75) is 38.8 Å². The van der Waals surface area contributed by atoms with Crippen molar-refractivity contribution in [3.8, 4) is 0 Å². The van der Waals surface area contributed by atoms with Gasteiger partial charge in [0.15, 0.2) is 0 Å². The molecule has 0 fully saturated rings. The highest BCUT2D eigenvalue weighted by atomic mass is 16.6. The predicted molar refractivity (Wildman–Crippen MR) is 154 cm³/mol. The summed E-state index contributed by atoms with van der Waals surface area (Å²) in [5.74, 6) is -0.703. The second kappa shape index (κ2) is 18.5. The summed E-state index contributed by atoms with van der Waals surface area (Å²) in [5.41, 5.74) is 3.70. The van der Waals surface area contributed by atoms with Gasteiger partial charge < -0.3 is 29.6 Å². The second-order valence-corrected chi connectivity index (χ2v) is 9.21. The number of ether oxygens (including phenoxy) is 4. The first kappa shape index (κ1) is 31.7. The number of benzene rings is 3. The van der Waals surface area contributed by atoms with Crippen molar-refractivity contribution in [3.63, 3.8) is 0 Å². The first-order valence-corrected chi connectivity index (χ1v) is 13.8. The van der Waals surface area contributed by atoms with Crippen molar-refractivity contribution in [3.05, 3.63) is 107 Å². The molecule has 2 amide bonds. The Hall–Kier alpha value is -4.86. The second-order valence-electron chi connectivity index (χ2n) is 9.21. The minimum Gasteiger partial charge on any atom is -0.462 e. The molecule has 0 aliphatic heterocycles. The van der Waals surface area contributed by atoms with Crippen LogP contribution in [-0.2, 0) is 54.5 Å². The van der Waals surface area contributed by atoms with E-state index in [0.29, 0.717) is 12.8 Å². The molecular formula is C32H36N2O8. The Bertz CT molecular complexity index is 1170. The molecule has 0 atom stereocenters. The van der Waals surface area contributed by atoms with Crippen LogP contribution in [0.25, 0.3) is 0 Å². The van der Waals surface area contributed by atoms with E-state index in [1.165, 1.54) is 0 Å². The largest absolute Gasteiger partial charge is 0.462 e. The molecule has 0 aromatic heterocycles. The van der Waals surface area contributed by atoms with Crippen LogP contribution in [0.1, 0.15) is 35.1 Å². The van der Waals surface area contributed by atoms with Crippen LogP contribution in [0.3, 0.4) is 0 Å². The molecule has 0 bridgehead atoms. The van der Waals surface area contributed by atoms with E-state index in [2.05, 4.69) is 10.6 Å². The fraction of sp³-hybridized carbons (Fsp3) is 0.312. The van der Waals surface area contributed by atoms with Gasteiger partial charge in [-0.15, -0.1) is 0 Å². The van der Waals surface area contributed by atoms with Crippen LogP contribution < -0.4 is 10.6 Å². The molecule has 10 nitrogen and oxygen atoms in total. The van der Waals surface area contributed by atoms with Gasteiger partial charge in [0.1, 0.15) is 26.4 Å². The molecular weight excluding hydrogens is 540 g/mol. The first-order valence-electron chi connectivity index (χ1n) is 13.8. The molecule has 0 saturated carbocycles. The van der Waals surface area contributed by atoms with Gasteiger partial charge in [-0.3, -0.25) is 9.59 Å². The van der Waals surface area contributed by atoms with E-state index in [1.54, 1.807) is 6.07 Å². The van der Waals surface area contributed by atoms with E-state index >= 15 is 0 Å². The Balaban J connectivity index is 1.21. The van der Waals surface area contributed by atoms with Crippen LogP contribution in [0, 0.1) is 0 Å². The summed E-state index contributed by atoms with van der Waals surface area (Å²) in [6, 6.07) is 26.5. The number of esters is 2. The third-order valence-electron chi connectivity index (χ3n) is 5.95. The molecule has 0 unspecified atom stereocenters. The number of aryl methyl sites for hydroxylation is 2. The molecule has 0 aliphatic rings. The Morgan fingerprint density at radius 3 is 1.29 bits per heavy atom. The number of carbonyl (C=O) groups is 4. The molecule has 10 heteroatoms. The number of carbonyl (C=O) groups excluding carboxylic acids is 4. The lowest BCUT2D eigenvalue weighted by Crippen LogP contribution is -2.26. The van der Waals surface area contributed by atoms with Crippen LogP contribution >= 0.6 is 0 Å². The number of hydrogen-bond acceptors (Lipinski definition) is 8. The summed E-state index contributed by atoms with van der Waals surface area (Å²) < 4.78 is 20.3. The summed E-state index contributed by atoms with van der Waals surface area (Å²) in [7, 11) is 0. The van der Waals surface area contributed by atoms with E-state index in [-0.39, 0.29) is 64.3 Å². The molecule has 0 radical (unpaired) electrons. The first-order chi connectivity index (χ1) is 20.5. The summed E-state index contributed by atoms with van der Waals surface area (Å²) in [6.07, 6.45) is 0.411. The minimum absolute atomic E-state index is 0.0189. The van der Waals surface area contributed by atoms with Crippen LogP contribution in [0.2, 0.25) is 0 Å². The van der Waals surface area contributed by atoms with Crippen molar-refractivity contribution in [1.82, 2.24) is 10.6 Å². The van der Waals surface area contributed by atoms with Crippen LogP contribution in [0.15, 0.2) is 84.9 Å². The molecule has 222 valence electrons. The van der Waals surface area contributed by atoms with Gasteiger partial charge in [-0.1, -0.05) is 84.9 Å². The fourth-order valence-corrected chi connectivity index (χ4v) is 3.81. The third-order valence-corrected chi connectivity index (χ3v) is 5.95. The van der Waals surface area contributed by atoms with Crippen molar-refractivity contribution in [2.75, 3.05) is 26.4 Å². The highest BCUT2D eigenvalue weighted by molar-refractivity contribution is 5.70. The summed E-state index contributed by atoms with van der Waals surface area (Å²) >= 11 is 0. The van der Waals surface area contributed by atoms with E-state index in [4.69, 9.17) is 18.9 Å². The zero-order chi connectivity index (χ0) is 29.8. The summed E-state index contributed by atoms with van der Waals surface area (Å²) in [5, 5.41) is 5.26. The molecule has 0 saturated heterocycles. The predicted octanol–water partition coefficient (Wildman–Crippen LogP) is 4.49. The zero-order valence-electron chi connectivity index (χ0n) is 23.4. The molecule has 0 aliphatic carbocycles. The highest BCUT2D eigenvalue weighted by Gasteiger charge is 2.08. The Morgan fingerprint density at radius 2 is 0.857 bits per heavy atom. The maximum absolute atomic E-state index is 12.0. The molecule has 3 aromatic carbocycles. The zero-order valence-corrected chi connectivity index (χ0v) is 23.4. The average Bonchev–Trinajstić information content (AvgIpc) is 3.02. The lowest BCUT2D eigenvalue weighted by Gasteiger charge is -2.10. The number of amides is 2. The van der Waals surface area contributed by atoms with Gasteiger partial charge in [-0.2, -0.15) is 0 Å². The number of nitrogens with one attached hydrogen (secondary N) is 2. The Kier molecular flexibility index (Phi) is 13.9. The quantitative estimate of drug-likeness (QED) is 0.145. The van der Waals surface area contributed by atoms with Gasteiger partial charge in [0.2, 0.25) is 0 Å². The van der Waals surface area contributed by atoms with Crippen molar-refractivity contribution in [1.29, 1.82) is 0 Å². The number of rotatable bonds is 16. The summed E-state index contributed by atoms with van der Waals surface area (Å²) in [4.78, 5) is 47.6. The molecule has 0 heterocycles. The normalized spacial score (nSPS) is 10.3. The topological polar surface area (TPSA) is 129 Å². The van der Waals surface area contributed by atoms with E-state index in [9.17, 15) is 19.2 Å². The lowest BCUT2D eigenvalue weighted by molar-refractivity contribution is -0.145. The molecule has 3 aromatic rings. The van der Waals surface area contributed by atoms with Gasteiger partial charge in [0, 0.05) is 25.9 Å². The van der Waals surface area contributed by atoms with Gasteiger partial charge in [-0.25, -0.2) is 9.59 Å². The van der Waals surface area contributed by atoms with Crippen LogP contribution in [-0.4, -0.2) is 50.6 Å².